The van der Waals surface area contributed by atoms with Crippen molar-refractivity contribution in [2.75, 3.05) is 40.4 Å². The first-order valence-corrected chi connectivity index (χ1v) is 10.3. The van der Waals surface area contributed by atoms with E-state index in [1.165, 1.54) is 5.56 Å². The van der Waals surface area contributed by atoms with Gasteiger partial charge in [0.2, 0.25) is 11.7 Å². The Kier molecular flexibility index (Phi) is 6.52. The van der Waals surface area contributed by atoms with Gasteiger partial charge in [-0.15, -0.1) is 0 Å². The monoisotopic (exact) mass is 428 g/mol. The first kappa shape index (κ1) is 20.7. The van der Waals surface area contributed by atoms with Gasteiger partial charge in [0.05, 0.1) is 26.3 Å². The fourth-order valence-electron chi connectivity index (χ4n) is 3.60. The minimum atomic E-state index is 0.518. The van der Waals surface area contributed by atoms with Crippen molar-refractivity contribution in [1.82, 2.24) is 19.9 Å². The molecule has 30 heavy (non-hydrogen) atoms. The summed E-state index contributed by atoms with van der Waals surface area (Å²) >= 11 is 6.09. The number of hydrogen-bond donors (Lipinski definition) is 0. The molecule has 1 aliphatic heterocycles. The molecule has 8 heteroatoms. The molecule has 0 N–H and O–H groups in total. The molecule has 0 radical (unpaired) electrons. The minimum absolute atomic E-state index is 0.518. The maximum Gasteiger partial charge on any atom is 0.241 e. The molecule has 0 aliphatic carbocycles. The predicted molar refractivity (Wildman–Crippen MR) is 115 cm³/mol. The normalized spacial score (nSPS) is 15.3. The number of piperazine rings is 1. The Morgan fingerprint density at radius 3 is 2.43 bits per heavy atom. The molecule has 7 nitrogen and oxygen atoms in total. The topological polar surface area (TPSA) is 63.9 Å². The summed E-state index contributed by atoms with van der Waals surface area (Å²) in [7, 11) is 3.23. The molecule has 3 aromatic rings. The highest BCUT2D eigenvalue weighted by Crippen LogP contribution is 2.31. The molecule has 0 saturated carbocycles. The fourth-order valence-corrected chi connectivity index (χ4v) is 3.81. The van der Waals surface area contributed by atoms with Crippen LogP contribution in [0.5, 0.6) is 11.5 Å². The Hall–Kier alpha value is -2.61. The van der Waals surface area contributed by atoms with Crippen LogP contribution in [-0.2, 0) is 13.1 Å². The summed E-state index contributed by atoms with van der Waals surface area (Å²) < 4.78 is 16.2. The number of methoxy groups -OCH3 is 2. The summed E-state index contributed by atoms with van der Waals surface area (Å²) in [5.74, 6) is 2.49. The van der Waals surface area contributed by atoms with Gasteiger partial charge in [-0.2, -0.15) is 4.98 Å². The van der Waals surface area contributed by atoms with Crippen LogP contribution in [0.4, 0.5) is 0 Å². The van der Waals surface area contributed by atoms with Crippen LogP contribution in [0.25, 0.3) is 11.4 Å². The molecule has 0 bridgehead atoms. The maximum atomic E-state index is 6.09. The van der Waals surface area contributed by atoms with Gasteiger partial charge in [-0.1, -0.05) is 28.9 Å². The van der Waals surface area contributed by atoms with Crippen molar-refractivity contribution in [2.45, 2.75) is 13.1 Å². The number of aromatic nitrogens is 2. The average Bonchev–Trinajstić information content (AvgIpc) is 3.23. The second-order valence-electron chi connectivity index (χ2n) is 7.26. The third-order valence-corrected chi connectivity index (χ3v) is 5.47. The summed E-state index contributed by atoms with van der Waals surface area (Å²) in [6, 6.07) is 13.6. The van der Waals surface area contributed by atoms with Crippen LogP contribution >= 0.6 is 11.6 Å². The number of hydrogen-bond acceptors (Lipinski definition) is 7. The van der Waals surface area contributed by atoms with Crippen LogP contribution in [0.2, 0.25) is 5.02 Å². The zero-order valence-electron chi connectivity index (χ0n) is 17.2. The number of halogens is 1. The Morgan fingerprint density at radius 1 is 0.967 bits per heavy atom. The van der Waals surface area contributed by atoms with E-state index in [0.29, 0.717) is 24.0 Å². The highest BCUT2D eigenvalue weighted by molar-refractivity contribution is 6.30. The molecule has 0 amide bonds. The van der Waals surface area contributed by atoms with E-state index in [2.05, 4.69) is 26.0 Å². The van der Waals surface area contributed by atoms with Gasteiger partial charge in [-0.25, -0.2) is 0 Å². The molecular formula is C22H25ClN4O3. The van der Waals surface area contributed by atoms with Crippen LogP contribution < -0.4 is 9.47 Å². The van der Waals surface area contributed by atoms with Crippen molar-refractivity contribution < 1.29 is 14.0 Å². The summed E-state index contributed by atoms with van der Waals surface area (Å²) in [5, 5.41) is 4.92. The summed E-state index contributed by atoms with van der Waals surface area (Å²) in [4.78, 5) is 9.33. The SMILES string of the molecule is COc1ccc(-c2noc(CN3CCN(Cc4cccc(Cl)c4)CC3)n2)c(OC)c1. The Morgan fingerprint density at radius 2 is 1.73 bits per heavy atom. The van der Waals surface area contributed by atoms with Gasteiger partial charge in [0.15, 0.2) is 0 Å². The van der Waals surface area contributed by atoms with E-state index in [0.717, 1.165) is 49.1 Å². The molecule has 158 valence electrons. The lowest BCUT2D eigenvalue weighted by Gasteiger charge is -2.33. The first-order valence-electron chi connectivity index (χ1n) is 9.89. The molecule has 0 unspecified atom stereocenters. The number of benzene rings is 2. The molecule has 1 saturated heterocycles. The van der Waals surface area contributed by atoms with Gasteiger partial charge in [0.1, 0.15) is 11.5 Å². The van der Waals surface area contributed by atoms with Crippen molar-refractivity contribution in [3.8, 4) is 22.9 Å². The summed E-state index contributed by atoms with van der Waals surface area (Å²) in [6.45, 7) is 5.42. The Bertz CT molecular complexity index is 986. The second-order valence-corrected chi connectivity index (χ2v) is 7.70. The number of rotatable bonds is 7. The molecular weight excluding hydrogens is 404 g/mol. The van der Waals surface area contributed by atoms with Crippen LogP contribution in [0, 0.1) is 0 Å². The van der Waals surface area contributed by atoms with Gasteiger partial charge in [-0.05, 0) is 29.8 Å². The third-order valence-electron chi connectivity index (χ3n) is 5.24. The highest BCUT2D eigenvalue weighted by atomic mass is 35.5. The van der Waals surface area contributed by atoms with E-state index in [1.807, 2.05) is 36.4 Å². The van der Waals surface area contributed by atoms with Crippen molar-refractivity contribution in [1.29, 1.82) is 0 Å². The van der Waals surface area contributed by atoms with Crippen LogP contribution in [0.3, 0.4) is 0 Å². The Balaban J connectivity index is 1.34. The van der Waals surface area contributed by atoms with Gasteiger partial charge >= 0.3 is 0 Å². The Labute approximate surface area is 181 Å². The molecule has 1 aliphatic rings. The van der Waals surface area contributed by atoms with Crippen molar-refractivity contribution in [3.05, 3.63) is 58.9 Å². The third kappa shape index (κ3) is 4.92. The molecule has 1 fully saturated rings. The van der Waals surface area contributed by atoms with Crippen LogP contribution in [0.15, 0.2) is 47.0 Å². The molecule has 0 spiro atoms. The quantitative estimate of drug-likeness (QED) is 0.568. The molecule has 4 rings (SSSR count). The van der Waals surface area contributed by atoms with Gasteiger partial charge in [0, 0.05) is 43.8 Å². The summed E-state index contributed by atoms with van der Waals surface area (Å²) in [6.07, 6.45) is 0. The van der Waals surface area contributed by atoms with E-state index >= 15 is 0 Å². The van der Waals surface area contributed by atoms with Crippen molar-refractivity contribution >= 4 is 11.6 Å². The minimum Gasteiger partial charge on any atom is -0.497 e. The molecule has 2 aromatic carbocycles. The fraction of sp³-hybridized carbons (Fsp3) is 0.364. The molecule has 1 aromatic heterocycles. The standard InChI is InChI=1S/C22H25ClN4O3/c1-28-18-6-7-19(20(13-18)29-2)22-24-21(30-25-22)15-27-10-8-26(9-11-27)14-16-4-3-5-17(23)12-16/h3-7,12-13H,8-11,14-15H2,1-2H3. The van der Waals surface area contributed by atoms with E-state index in [1.54, 1.807) is 14.2 Å². The largest absolute Gasteiger partial charge is 0.497 e. The lowest BCUT2D eigenvalue weighted by Crippen LogP contribution is -2.45. The zero-order valence-corrected chi connectivity index (χ0v) is 17.9. The highest BCUT2D eigenvalue weighted by Gasteiger charge is 2.20. The molecule has 0 atom stereocenters. The maximum absolute atomic E-state index is 6.09. The van der Waals surface area contributed by atoms with Crippen molar-refractivity contribution in [2.24, 2.45) is 0 Å². The lowest BCUT2D eigenvalue weighted by molar-refractivity contribution is 0.112. The molecule has 2 heterocycles. The van der Waals surface area contributed by atoms with Gasteiger partial charge in [0.25, 0.3) is 0 Å². The smallest absolute Gasteiger partial charge is 0.241 e. The van der Waals surface area contributed by atoms with Crippen LogP contribution in [0.1, 0.15) is 11.5 Å². The average molecular weight is 429 g/mol. The van der Waals surface area contributed by atoms with Crippen molar-refractivity contribution in [3.63, 3.8) is 0 Å². The first-order chi connectivity index (χ1) is 14.6. The predicted octanol–water partition coefficient (Wildman–Crippen LogP) is 3.73. The van der Waals surface area contributed by atoms with Gasteiger partial charge < -0.3 is 14.0 Å². The summed E-state index contributed by atoms with van der Waals surface area (Å²) in [5.41, 5.74) is 2.02. The van der Waals surface area contributed by atoms with E-state index in [-0.39, 0.29) is 0 Å². The van der Waals surface area contributed by atoms with E-state index in [9.17, 15) is 0 Å². The van der Waals surface area contributed by atoms with E-state index < -0.39 is 0 Å². The zero-order chi connectivity index (χ0) is 20.9. The number of nitrogens with zero attached hydrogens (tertiary/aromatic N) is 4. The number of ether oxygens (including phenoxy) is 2. The second kappa shape index (κ2) is 9.47. The van der Waals surface area contributed by atoms with Gasteiger partial charge in [-0.3, -0.25) is 9.80 Å². The van der Waals surface area contributed by atoms with Crippen LogP contribution in [-0.4, -0.2) is 60.3 Å². The lowest BCUT2D eigenvalue weighted by atomic mass is 10.2. The van der Waals surface area contributed by atoms with E-state index in [4.69, 9.17) is 25.6 Å².